The van der Waals surface area contributed by atoms with Crippen LogP contribution in [0.25, 0.3) is 0 Å². The summed E-state index contributed by atoms with van der Waals surface area (Å²) in [5.41, 5.74) is 0. The lowest BCUT2D eigenvalue weighted by molar-refractivity contribution is -0.302. The van der Waals surface area contributed by atoms with Gasteiger partial charge < -0.3 is 40.3 Å². The second-order valence-electron chi connectivity index (χ2n) is 18.7. The average molecular weight is 892 g/mol. The maximum Gasteiger partial charge on any atom is 0.220 e. The van der Waals surface area contributed by atoms with Crippen LogP contribution in [-0.4, -0.2) is 87.5 Å². The molecule has 0 aromatic heterocycles. The van der Waals surface area contributed by atoms with Crippen molar-refractivity contribution in [2.75, 3.05) is 13.2 Å². The van der Waals surface area contributed by atoms with Crippen LogP contribution in [0.15, 0.2) is 36.5 Å². The molecule has 7 atom stereocenters. The van der Waals surface area contributed by atoms with Crippen LogP contribution in [-0.2, 0) is 14.3 Å². The second-order valence-corrected chi connectivity index (χ2v) is 18.7. The molecule has 1 aliphatic rings. The fourth-order valence-electron chi connectivity index (χ4n) is 8.46. The van der Waals surface area contributed by atoms with Gasteiger partial charge in [-0.3, -0.25) is 4.79 Å². The summed E-state index contributed by atoms with van der Waals surface area (Å²) in [6.45, 7) is 3.84. The van der Waals surface area contributed by atoms with E-state index in [1.165, 1.54) is 161 Å². The molecule has 1 amide bonds. The van der Waals surface area contributed by atoms with Gasteiger partial charge in [0, 0.05) is 6.42 Å². The molecule has 0 aromatic carbocycles. The topological polar surface area (TPSA) is 149 Å². The normalized spacial score (nSPS) is 20.4. The predicted octanol–water partition coefficient (Wildman–Crippen LogP) is 12.4. The molecule has 0 aliphatic carbocycles. The Balaban J connectivity index is 2.26. The van der Waals surface area contributed by atoms with E-state index in [4.69, 9.17) is 9.47 Å². The minimum Gasteiger partial charge on any atom is -0.394 e. The van der Waals surface area contributed by atoms with Crippen molar-refractivity contribution in [3.63, 3.8) is 0 Å². The Morgan fingerprint density at radius 3 is 1.38 bits per heavy atom. The van der Waals surface area contributed by atoms with E-state index >= 15 is 0 Å². The summed E-state index contributed by atoms with van der Waals surface area (Å²) < 4.78 is 11.3. The number of nitrogens with one attached hydrogen (secondary N) is 1. The van der Waals surface area contributed by atoms with Crippen LogP contribution in [0.1, 0.15) is 245 Å². The van der Waals surface area contributed by atoms with Crippen molar-refractivity contribution in [3.8, 4) is 0 Å². The fourth-order valence-corrected chi connectivity index (χ4v) is 8.46. The lowest BCUT2D eigenvalue weighted by Crippen LogP contribution is -2.60. The minimum atomic E-state index is -1.55. The van der Waals surface area contributed by atoms with E-state index in [0.29, 0.717) is 12.8 Å². The predicted molar refractivity (Wildman–Crippen MR) is 263 cm³/mol. The molecule has 370 valence electrons. The molecule has 1 heterocycles. The van der Waals surface area contributed by atoms with E-state index in [1.807, 2.05) is 0 Å². The first-order valence-electron chi connectivity index (χ1n) is 26.7. The third-order valence-electron chi connectivity index (χ3n) is 12.7. The molecule has 0 spiro atoms. The molecule has 0 radical (unpaired) electrons. The van der Waals surface area contributed by atoms with Gasteiger partial charge in [-0.25, -0.2) is 0 Å². The summed E-state index contributed by atoms with van der Waals surface area (Å²) in [7, 11) is 0. The first kappa shape index (κ1) is 59.4. The Hall–Kier alpha value is -1.59. The van der Waals surface area contributed by atoms with Crippen LogP contribution in [0.2, 0.25) is 0 Å². The molecule has 0 aromatic rings. The monoisotopic (exact) mass is 892 g/mol. The average Bonchev–Trinajstić information content (AvgIpc) is 3.28. The van der Waals surface area contributed by atoms with Gasteiger partial charge in [0.1, 0.15) is 24.4 Å². The van der Waals surface area contributed by atoms with Crippen molar-refractivity contribution in [1.82, 2.24) is 5.32 Å². The van der Waals surface area contributed by atoms with Crippen LogP contribution in [0.4, 0.5) is 0 Å². The van der Waals surface area contributed by atoms with Crippen molar-refractivity contribution >= 4 is 5.91 Å². The molecule has 1 rings (SSSR count). The van der Waals surface area contributed by atoms with E-state index in [0.717, 1.165) is 57.8 Å². The molecule has 63 heavy (non-hydrogen) atoms. The Kier molecular flexibility index (Phi) is 41.7. The highest BCUT2D eigenvalue weighted by Crippen LogP contribution is 2.23. The number of hydrogen-bond donors (Lipinski definition) is 6. The van der Waals surface area contributed by atoms with Gasteiger partial charge in [0.25, 0.3) is 0 Å². The molecule has 1 saturated heterocycles. The fraction of sp³-hybridized carbons (Fsp3) is 0.870. The summed E-state index contributed by atoms with van der Waals surface area (Å²) in [6, 6.07) is -0.723. The number of carbonyl (C=O) groups is 1. The summed E-state index contributed by atoms with van der Waals surface area (Å²) in [4.78, 5) is 13.0. The van der Waals surface area contributed by atoms with E-state index < -0.39 is 49.5 Å². The third kappa shape index (κ3) is 34.4. The molecule has 0 saturated carbocycles. The Morgan fingerprint density at radius 1 is 0.540 bits per heavy atom. The van der Waals surface area contributed by atoms with Gasteiger partial charge in [0.2, 0.25) is 5.91 Å². The van der Waals surface area contributed by atoms with E-state index in [9.17, 15) is 30.3 Å². The van der Waals surface area contributed by atoms with E-state index in [1.54, 1.807) is 0 Å². The number of aliphatic hydroxyl groups excluding tert-OH is 5. The van der Waals surface area contributed by atoms with Crippen LogP contribution < -0.4 is 5.32 Å². The summed E-state index contributed by atoms with van der Waals surface area (Å²) in [5.74, 6) is -0.150. The smallest absolute Gasteiger partial charge is 0.220 e. The molecule has 6 N–H and O–H groups in total. The standard InChI is InChI=1S/C54H101NO8/c1-3-5-7-9-11-13-15-17-19-21-22-23-24-25-26-28-30-32-34-36-38-40-42-44-50(58)55-47(46-62-54-53(61)52(60)51(59)49(45-56)63-54)48(57)43-41-39-37-35-33-31-29-27-20-18-16-14-12-10-8-6-4-2/h15,17,21-22,24-25,47-49,51-54,56-57,59-61H,3-14,16,18-20,23,26-46H2,1-2H3,(H,55,58)/b17-15-,22-21-,25-24-. The zero-order chi connectivity index (χ0) is 45.9. The Morgan fingerprint density at radius 2 is 0.937 bits per heavy atom. The highest BCUT2D eigenvalue weighted by atomic mass is 16.7. The summed E-state index contributed by atoms with van der Waals surface area (Å²) in [5, 5.41) is 54.6. The molecule has 7 unspecified atom stereocenters. The maximum absolute atomic E-state index is 13.0. The minimum absolute atomic E-state index is 0.140. The van der Waals surface area contributed by atoms with E-state index in [2.05, 4.69) is 55.6 Å². The Labute approximate surface area is 387 Å². The quantitative estimate of drug-likeness (QED) is 0.0261. The SMILES string of the molecule is CCCCCCC/C=C\C/C=C\C/C=C\CCCCCCCCCCC(=O)NC(COC1OC(CO)C(O)C(O)C1O)C(O)CCCCCCCCCCCCCCCCCCC. The van der Waals surface area contributed by atoms with Crippen LogP contribution >= 0.6 is 0 Å². The largest absolute Gasteiger partial charge is 0.394 e. The molecule has 9 nitrogen and oxygen atoms in total. The van der Waals surface area contributed by atoms with Crippen LogP contribution in [0.5, 0.6) is 0 Å². The first-order valence-corrected chi connectivity index (χ1v) is 26.7. The zero-order valence-corrected chi connectivity index (χ0v) is 40.8. The van der Waals surface area contributed by atoms with Gasteiger partial charge >= 0.3 is 0 Å². The Bertz CT molecular complexity index is 1080. The van der Waals surface area contributed by atoms with Crippen molar-refractivity contribution < 1.29 is 39.8 Å². The van der Waals surface area contributed by atoms with E-state index in [-0.39, 0.29) is 12.5 Å². The highest BCUT2D eigenvalue weighted by molar-refractivity contribution is 5.76. The lowest BCUT2D eigenvalue weighted by atomic mass is 9.99. The van der Waals surface area contributed by atoms with Crippen molar-refractivity contribution in [2.24, 2.45) is 0 Å². The lowest BCUT2D eigenvalue weighted by Gasteiger charge is -2.40. The van der Waals surface area contributed by atoms with Gasteiger partial charge in [-0.05, 0) is 51.4 Å². The number of allylic oxidation sites excluding steroid dienone is 6. The van der Waals surface area contributed by atoms with Gasteiger partial charge in [0.05, 0.1) is 25.4 Å². The van der Waals surface area contributed by atoms with Crippen LogP contribution in [0, 0.1) is 0 Å². The molecular formula is C54H101NO8. The summed E-state index contributed by atoms with van der Waals surface area (Å²) in [6.07, 6.45) is 48.6. The number of carbonyl (C=O) groups excluding carboxylic acids is 1. The van der Waals surface area contributed by atoms with Gasteiger partial charge in [-0.1, -0.05) is 224 Å². The van der Waals surface area contributed by atoms with Crippen molar-refractivity contribution in [1.29, 1.82) is 0 Å². The van der Waals surface area contributed by atoms with Gasteiger partial charge in [-0.15, -0.1) is 0 Å². The first-order chi connectivity index (χ1) is 30.8. The molecular weight excluding hydrogens is 791 g/mol. The number of rotatable bonds is 45. The number of amides is 1. The van der Waals surface area contributed by atoms with Gasteiger partial charge in [-0.2, -0.15) is 0 Å². The zero-order valence-electron chi connectivity index (χ0n) is 40.8. The number of aliphatic hydroxyl groups is 5. The van der Waals surface area contributed by atoms with Crippen molar-refractivity contribution in [2.45, 2.75) is 288 Å². The molecule has 1 fully saturated rings. The molecule has 9 heteroatoms. The molecule has 1 aliphatic heterocycles. The maximum atomic E-state index is 13.0. The highest BCUT2D eigenvalue weighted by Gasteiger charge is 2.44. The molecule has 0 bridgehead atoms. The van der Waals surface area contributed by atoms with Crippen molar-refractivity contribution in [3.05, 3.63) is 36.5 Å². The summed E-state index contributed by atoms with van der Waals surface area (Å²) >= 11 is 0. The number of hydrogen-bond acceptors (Lipinski definition) is 8. The number of ether oxygens (including phenoxy) is 2. The third-order valence-corrected chi connectivity index (χ3v) is 12.7. The van der Waals surface area contributed by atoms with Crippen LogP contribution in [0.3, 0.4) is 0 Å². The second kappa shape index (κ2) is 44.3. The van der Waals surface area contributed by atoms with Gasteiger partial charge in [0.15, 0.2) is 6.29 Å². The number of unbranched alkanes of at least 4 members (excludes halogenated alkanes) is 29.